The summed E-state index contributed by atoms with van der Waals surface area (Å²) in [5, 5.41) is 7.26. The number of esters is 1. The Morgan fingerprint density at radius 2 is 1.66 bits per heavy atom. The van der Waals surface area contributed by atoms with Crippen molar-refractivity contribution in [1.29, 1.82) is 0 Å². The first-order valence-electron chi connectivity index (χ1n) is 12.4. The topological polar surface area (TPSA) is 106 Å². The first-order valence-corrected chi connectivity index (χ1v) is 13.2. The molecule has 3 rings (SSSR count). The van der Waals surface area contributed by atoms with Crippen LogP contribution in [0.5, 0.6) is 5.75 Å². The highest BCUT2D eigenvalue weighted by Crippen LogP contribution is 2.33. The van der Waals surface area contributed by atoms with Crippen molar-refractivity contribution in [2.75, 3.05) is 11.9 Å². The first kappa shape index (κ1) is 28.6. The van der Waals surface area contributed by atoms with Crippen molar-refractivity contribution in [1.82, 2.24) is 5.43 Å². The molecule has 0 spiro atoms. The number of anilines is 1. The summed E-state index contributed by atoms with van der Waals surface area (Å²) in [7, 11) is 0. The van der Waals surface area contributed by atoms with E-state index < -0.39 is 18.0 Å². The van der Waals surface area contributed by atoms with Crippen molar-refractivity contribution >= 4 is 40.3 Å². The molecule has 3 aromatic rings. The summed E-state index contributed by atoms with van der Waals surface area (Å²) in [6, 6.07) is 14.3. The van der Waals surface area contributed by atoms with Crippen LogP contribution in [0.3, 0.4) is 0 Å². The molecule has 8 nitrogen and oxygen atoms in total. The van der Waals surface area contributed by atoms with Gasteiger partial charge in [-0.05, 0) is 74.6 Å². The van der Waals surface area contributed by atoms with Crippen LogP contribution in [0.1, 0.15) is 75.9 Å². The number of nitrogens with one attached hydrogen (secondary N) is 2. The molecule has 0 aliphatic heterocycles. The Balaban J connectivity index is 1.56. The molecule has 0 saturated carbocycles. The van der Waals surface area contributed by atoms with Crippen LogP contribution in [0.2, 0.25) is 0 Å². The zero-order valence-electron chi connectivity index (χ0n) is 22.5. The second-order valence-corrected chi connectivity index (χ2v) is 10.2. The van der Waals surface area contributed by atoms with Gasteiger partial charge in [0.15, 0.2) is 6.10 Å². The van der Waals surface area contributed by atoms with Crippen molar-refractivity contribution in [2.24, 2.45) is 5.10 Å². The molecule has 1 atom stereocenters. The molecule has 2 amide bonds. The zero-order valence-corrected chi connectivity index (χ0v) is 23.3. The molecular formula is C29H33N3O5S. The Morgan fingerprint density at radius 3 is 2.26 bits per heavy atom. The molecule has 0 saturated heterocycles. The van der Waals surface area contributed by atoms with Crippen molar-refractivity contribution in [2.45, 2.75) is 53.6 Å². The van der Waals surface area contributed by atoms with Gasteiger partial charge in [-0.2, -0.15) is 5.10 Å². The smallest absolute Gasteiger partial charge is 0.341 e. The van der Waals surface area contributed by atoms with E-state index in [-0.39, 0.29) is 12.5 Å². The maximum Gasteiger partial charge on any atom is 0.341 e. The summed E-state index contributed by atoms with van der Waals surface area (Å²) in [6.45, 7) is 11.6. The second kappa shape index (κ2) is 13.0. The van der Waals surface area contributed by atoms with E-state index in [4.69, 9.17) is 9.47 Å². The molecule has 0 aliphatic carbocycles. The summed E-state index contributed by atoms with van der Waals surface area (Å²) < 4.78 is 10.8. The minimum atomic E-state index is -0.806. The van der Waals surface area contributed by atoms with Crippen LogP contribution in [0.25, 0.3) is 0 Å². The average molecular weight is 536 g/mol. The molecule has 0 fully saturated rings. The maximum atomic E-state index is 12.8. The fourth-order valence-electron chi connectivity index (χ4n) is 3.51. The SMILES string of the molecule is CCOC(=O)c1c(NC(=O)c2ccc(OC(C)C(=O)N/N=C/c3ccc(C(C)C)cc3)cc2)sc(C)c1C. The van der Waals surface area contributed by atoms with Crippen LogP contribution < -0.4 is 15.5 Å². The third-order valence-corrected chi connectivity index (χ3v) is 7.00. The number of rotatable bonds is 10. The standard InChI is InChI=1S/C29H33N3O5S/c1-7-36-29(35)25-18(4)20(6)38-28(25)31-27(34)23-12-14-24(15-13-23)37-19(5)26(33)32-30-16-21-8-10-22(11-9-21)17(2)3/h8-17,19H,7H2,1-6H3,(H,31,34)(H,32,33)/b30-16+. The number of benzene rings is 2. The number of nitrogens with zero attached hydrogens (tertiary/aromatic N) is 1. The number of amides is 2. The molecule has 1 aromatic heterocycles. The largest absolute Gasteiger partial charge is 0.481 e. The zero-order chi connectivity index (χ0) is 27.8. The summed E-state index contributed by atoms with van der Waals surface area (Å²) in [5.74, 6) is -0.371. The van der Waals surface area contributed by atoms with Gasteiger partial charge in [-0.25, -0.2) is 10.2 Å². The minimum Gasteiger partial charge on any atom is -0.481 e. The van der Waals surface area contributed by atoms with Gasteiger partial charge in [0.05, 0.1) is 18.4 Å². The summed E-state index contributed by atoms with van der Waals surface area (Å²) in [4.78, 5) is 38.5. The van der Waals surface area contributed by atoms with E-state index in [0.29, 0.717) is 27.8 Å². The minimum absolute atomic E-state index is 0.247. The van der Waals surface area contributed by atoms with E-state index in [0.717, 1.165) is 16.0 Å². The van der Waals surface area contributed by atoms with Gasteiger partial charge < -0.3 is 14.8 Å². The summed E-state index contributed by atoms with van der Waals surface area (Å²) in [6.07, 6.45) is 0.769. The molecule has 1 unspecified atom stereocenters. The third kappa shape index (κ3) is 7.29. The molecule has 0 aliphatic rings. The number of carbonyl (C=O) groups excluding carboxylic acids is 3. The van der Waals surface area contributed by atoms with Gasteiger partial charge in [-0.3, -0.25) is 9.59 Å². The van der Waals surface area contributed by atoms with Gasteiger partial charge >= 0.3 is 5.97 Å². The van der Waals surface area contributed by atoms with Gasteiger partial charge in [0.1, 0.15) is 10.8 Å². The molecule has 38 heavy (non-hydrogen) atoms. The van der Waals surface area contributed by atoms with E-state index in [9.17, 15) is 14.4 Å². The lowest BCUT2D eigenvalue weighted by Crippen LogP contribution is -2.33. The van der Waals surface area contributed by atoms with Crippen LogP contribution >= 0.6 is 11.3 Å². The first-order chi connectivity index (χ1) is 18.1. The van der Waals surface area contributed by atoms with Crippen molar-refractivity contribution in [3.8, 4) is 5.75 Å². The van der Waals surface area contributed by atoms with Crippen molar-refractivity contribution in [3.05, 3.63) is 81.2 Å². The number of carbonyl (C=O) groups is 3. The maximum absolute atomic E-state index is 12.8. The number of thiophene rings is 1. The molecule has 0 radical (unpaired) electrons. The lowest BCUT2D eigenvalue weighted by atomic mass is 10.0. The highest BCUT2D eigenvalue weighted by molar-refractivity contribution is 7.16. The molecule has 9 heteroatoms. The van der Waals surface area contributed by atoms with Crippen LogP contribution in [-0.2, 0) is 9.53 Å². The fourth-order valence-corrected chi connectivity index (χ4v) is 4.55. The van der Waals surface area contributed by atoms with Gasteiger partial charge in [0.25, 0.3) is 11.8 Å². The number of aryl methyl sites for hydroxylation is 1. The number of ether oxygens (including phenoxy) is 2. The second-order valence-electron chi connectivity index (χ2n) is 9.00. The summed E-state index contributed by atoms with van der Waals surface area (Å²) >= 11 is 1.33. The van der Waals surface area contributed by atoms with Crippen LogP contribution in [0.4, 0.5) is 5.00 Å². The Bertz CT molecular complexity index is 1310. The van der Waals surface area contributed by atoms with Gasteiger partial charge in [0.2, 0.25) is 0 Å². The monoisotopic (exact) mass is 535 g/mol. The molecule has 200 valence electrons. The lowest BCUT2D eigenvalue weighted by molar-refractivity contribution is -0.127. The fraction of sp³-hybridized carbons (Fsp3) is 0.310. The number of hydrogen-bond donors (Lipinski definition) is 2. The predicted molar refractivity (Wildman–Crippen MR) is 151 cm³/mol. The molecule has 0 bridgehead atoms. The number of hydrazone groups is 1. The predicted octanol–water partition coefficient (Wildman–Crippen LogP) is 5.83. The van der Waals surface area contributed by atoms with E-state index in [1.807, 2.05) is 38.1 Å². The summed E-state index contributed by atoms with van der Waals surface area (Å²) in [5.41, 5.74) is 6.12. The van der Waals surface area contributed by atoms with Crippen molar-refractivity contribution in [3.63, 3.8) is 0 Å². The van der Waals surface area contributed by atoms with Gasteiger partial charge in [0, 0.05) is 10.4 Å². The molecule has 1 heterocycles. The third-order valence-electron chi connectivity index (χ3n) is 5.88. The highest BCUT2D eigenvalue weighted by Gasteiger charge is 2.22. The Kier molecular flexibility index (Phi) is 9.78. The van der Waals surface area contributed by atoms with E-state index in [1.165, 1.54) is 16.9 Å². The Labute approximate surface area is 227 Å². The van der Waals surface area contributed by atoms with Crippen LogP contribution in [0.15, 0.2) is 53.6 Å². The normalized spacial score (nSPS) is 11.9. The Morgan fingerprint density at radius 1 is 1.00 bits per heavy atom. The van der Waals surface area contributed by atoms with E-state index >= 15 is 0 Å². The Hall–Kier alpha value is -3.98. The highest BCUT2D eigenvalue weighted by atomic mass is 32.1. The van der Waals surface area contributed by atoms with E-state index in [2.05, 4.69) is 29.7 Å². The quantitative estimate of drug-likeness (QED) is 0.193. The van der Waals surface area contributed by atoms with Gasteiger partial charge in [-0.15, -0.1) is 11.3 Å². The lowest BCUT2D eigenvalue weighted by Gasteiger charge is -2.13. The molecule has 2 N–H and O–H groups in total. The number of hydrogen-bond acceptors (Lipinski definition) is 7. The molecule has 2 aromatic carbocycles. The van der Waals surface area contributed by atoms with Crippen molar-refractivity contribution < 1.29 is 23.9 Å². The van der Waals surface area contributed by atoms with Crippen LogP contribution in [-0.4, -0.2) is 36.7 Å². The average Bonchev–Trinajstić information content (AvgIpc) is 3.17. The van der Waals surface area contributed by atoms with Gasteiger partial charge in [-0.1, -0.05) is 38.1 Å². The van der Waals surface area contributed by atoms with Crippen LogP contribution in [0, 0.1) is 13.8 Å². The van der Waals surface area contributed by atoms with E-state index in [1.54, 1.807) is 44.3 Å². The molecular weight excluding hydrogens is 502 g/mol.